The number of thioether (sulfide) groups is 1. The number of hydrogen-bond donors (Lipinski definition) is 8. The molecule has 4 fully saturated rings. The lowest BCUT2D eigenvalue weighted by Gasteiger charge is -2.43. The molecule has 1 aromatic heterocycles. The van der Waals surface area contributed by atoms with Crippen LogP contribution in [0, 0.1) is 11.8 Å². The highest BCUT2D eigenvalue weighted by atomic mass is 32.2. The number of carbonyl (C=O) groups excluding carboxylic acids is 6. The number of halogens is 6. The van der Waals surface area contributed by atoms with Gasteiger partial charge in [-0.2, -0.15) is 38.1 Å². The van der Waals surface area contributed by atoms with Crippen LogP contribution < -0.4 is 26.6 Å². The summed E-state index contributed by atoms with van der Waals surface area (Å²) in [5.74, 6) is -4.88. The van der Waals surface area contributed by atoms with Crippen LogP contribution in [-0.2, 0) is 58.9 Å². The second kappa shape index (κ2) is 26.1. The molecule has 3 saturated heterocycles. The van der Waals surface area contributed by atoms with E-state index < -0.39 is 113 Å². The molecular weight excluding hydrogens is 1100 g/mol. The van der Waals surface area contributed by atoms with Crippen LogP contribution in [-0.4, -0.2) is 145 Å². The highest BCUT2D eigenvalue weighted by Crippen LogP contribution is 2.43. The average molecular weight is 1160 g/mol. The van der Waals surface area contributed by atoms with Crippen molar-refractivity contribution in [3.8, 4) is 11.3 Å². The van der Waals surface area contributed by atoms with Crippen LogP contribution in [0.3, 0.4) is 0 Å². The van der Waals surface area contributed by atoms with E-state index in [-0.39, 0.29) is 93.3 Å². The molecule has 27 heteroatoms. The van der Waals surface area contributed by atoms with Crippen molar-refractivity contribution in [1.82, 2.24) is 41.6 Å². The van der Waals surface area contributed by atoms with Gasteiger partial charge in [0.25, 0.3) is 0 Å². The second-order valence-corrected chi connectivity index (χ2v) is 21.0. The van der Waals surface area contributed by atoms with Crippen LogP contribution in [0.4, 0.5) is 31.1 Å². The molecule has 0 bridgehead atoms. The number of carboxylic acids is 1. The second-order valence-electron chi connectivity index (χ2n) is 19.7. The van der Waals surface area contributed by atoms with Gasteiger partial charge in [0.05, 0.1) is 54.5 Å². The zero-order chi connectivity index (χ0) is 58.2. The topological polar surface area (TPSA) is 289 Å². The van der Waals surface area contributed by atoms with Gasteiger partial charge in [0, 0.05) is 72.7 Å². The number of aliphatic carboxylic acids is 1. The molecule has 4 amide bonds. The summed E-state index contributed by atoms with van der Waals surface area (Å²) >= 11 is 1.49. The molecule has 4 aliphatic rings. The maximum atomic E-state index is 14.7. The fraction of sp³-hybridized carbons (Fsp3) is 0.426. The third-order valence-electron chi connectivity index (χ3n) is 14.1. The number of fused-ring (bicyclic) bond motifs is 1. The number of ketones is 3. The normalized spacial score (nSPS) is 24.7. The first-order valence-corrected chi connectivity index (χ1v) is 26.7. The number of amides is 4. The Kier molecular flexibility index (Phi) is 19.3. The molecule has 4 aromatic rings. The van der Waals surface area contributed by atoms with Crippen molar-refractivity contribution in [3.63, 3.8) is 0 Å². The van der Waals surface area contributed by atoms with E-state index >= 15 is 0 Å². The molecule has 81 heavy (non-hydrogen) atoms. The van der Waals surface area contributed by atoms with Crippen LogP contribution in [0.2, 0.25) is 0 Å². The molecular formula is C54H56F6N8O12S. The Balaban J connectivity index is 0.933. The summed E-state index contributed by atoms with van der Waals surface area (Å²) in [4.78, 5) is 86.6. The third-order valence-corrected chi connectivity index (χ3v) is 15.6. The summed E-state index contributed by atoms with van der Waals surface area (Å²) in [5, 5.41) is 53.2. The highest BCUT2D eigenvalue weighted by Gasteiger charge is 2.47. The number of ether oxygens (including phenoxy) is 2. The minimum absolute atomic E-state index is 0.0437. The molecule has 0 radical (unpaired) electrons. The van der Waals surface area contributed by atoms with E-state index in [1.165, 1.54) is 17.8 Å². The summed E-state index contributed by atoms with van der Waals surface area (Å²) in [6.45, 7) is -0.950. The number of benzene rings is 3. The Hall–Kier alpha value is -7.30. The molecule has 20 nitrogen and oxygen atoms in total. The maximum absolute atomic E-state index is 14.7. The lowest BCUT2D eigenvalue weighted by Crippen LogP contribution is -2.63. The minimum atomic E-state index is -5.40. The predicted molar refractivity (Wildman–Crippen MR) is 276 cm³/mol. The number of Topliss-reactive ketones (excluding diaryl/α,β-unsaturated/α-hetero) is 1. The van der Waals surface area contributed by atoms with Crippen LogP contribution >= 0.6 is 11.8 Å². The van der Waals surface area contributed by atoms with Gasteiger partial charge in [-0.1, -0.05) is 65.9 Å². The maximum Gasteiger partial charge on any atom is 0.417 e. The lowest BCUT2D eigenvalue weighted by molar-refractivity contribution is -0.268. The van der Waals surface area contributed by atoms with Crippen LogP contribution in [0.1, 0.15) is 70.3 Å². The van der Waals surface area contributed by atoms with Crippen molar-refractivity contribution in [1.29, 1.82) is 0 Å². The van der Waals surface area contributed by atoms with E-state index in [0.29, 0.717) is 46.7 Å². The molecule has 10 atom stereocenters. The van der Waals surface area contributed by atoms with Gasteiger partial charge in [-0.3, -0.25) is 28.8 Å². The fourth-order valence-electron chi connectivity index (χ4n) is 10.1. The van der Waals surface area contributed by atoms with E-state index in [4.69, 9.17) is 9.47 Å². The predicted octanol–water partition coefficient (Wildman–Crippen LogP) is 4.22. The molecule has 3 aliphatic heterocycles. The quantitative estimate of drug-likeness (QED) is 0.0129. The zero-order valence-corrected chi connectivity index (χ0v) is 43.6. The molecule has 8 N–H and O–H groups in total. The van der Waals surface area contributed by atoms with Crippen LogP contribution in [0.5, 0.6) is 0 Å². The largest absolute Gasteiger partial charge is 0.481 e. The number of aliphatic hydroxyl groups is 2. The Morgan fingerprint density at radius 1 is 0.877 bits per heavy atom. The number of carboxylic acid groups (broad SMARTS) is 1. The van der Waals surface area contributed by atoms with Gasteiger partial charge in [-0.05, 0) is 54.2 Å². The summed E-state index contributed by atoms with van der Waals surface area (Å²) in [7, 11) is 0. The van der Waals surface area contributed by atoms with Crippen molar-refractivity contribution >= 4 is 59.0 Å². The van der Waals surface area contributed by atoms with Gasteiger partial charge in [-0.25, -0.2) is 9.48 Å². The van der Waals surface area contributed by atoms with Crippen molar-refractivity contribution < 1.29 is 84.7 Å². The number of nitrogens with zero attached hydrogens (tertiary/aromatic N) is 3. The van der Waals surface area contributed by atoms with E-state index in [1.54, 1.807) is 54.6 Å². The monoisotopic (exact) mass is 1150 g/mol. The number of nitrogens with one attached hydrogen (secondary N) is 5. The molecule has 0 spiro atoms. The highest BCUT2D eigenvalue weighted by molar-refractivity contribution is 8.00. The smallest absolute Gasteiger partial charge is 0.417 e. The van der Waals surface area contributed by atoms with Crippen LogP contribution in [0.25, 0.3) is 17.3 Å². The average Bonchev–Trinajstić information content (AvgIpc) is 4.30. The molecule has 4 heterocycles. The molecule has 1 saturated carbocycles. The summed E-state index contributed by atoms with van der Waals surface area (Å²) in [6, 6.07) is 14.1. The number of alkyl halides is 6. The molecule has 3 aromatic carbocycles. The lowest BCUT2D eigenvalue weighted by atomic mass is 9.88. The number of urea groups is 1. The van der Waals surface area contributed by atoms with E-state index in [9.17, 15) is 75.2 Å². The van der Waals surface area contributed by atoms with Gasteiger partial charge in [0.1, 0.15) is 29.8 Å². The summed E-state index contributed by atoms with van der Waals surface area (Å²) < 4.78 is 101. The number of aliphatic hydroxyl groups excluding tert-OH is 2. The van der Waals surface area contributed by atoms with Crippen molar-refractivity contribution in [3.05, 3.63) is 125 Å². The third kappa shape index (κ3) is 15.2. The standard InChI is InChI=1S/C54H56F6N8O12S/c55-53(56,57)34-20-32(21-35(54(58,59)60)33(34)14-16-42(71)61-17-18-62-43(72)23-41-46-37(27-81-41)64-52(78)65-46)36-25-68(67-66-36)26-40-49(76)50(77)47(63-24-28-9-11-30(12-10-28)48(75)29-6-2-1-3-7-29)51(80-40)79-19-5-4-8-38(69)45-31(22-44(73)74)13-15-39(45)70/h1-4,6-12,14,16,20-21,25,31,37,40-41,45-47,49-51,63,76-77H,5,13,15,17-19,22-24,26-27H2,(H,61,71)(H,62,72)(H,73,74)(H2,64,65,78)/b8-4-,16-14+/t31-,37+,40+,41+,45+,46+,47+,49-,50+,51+/m1/s1. The minimum Gasteiger partial charge on any atom is -0.481 e. The van der Waals surface area contributed by atoms with E-state index in [2.05, 4.69) is 36.9 Å². The van der Waals surface area contributed by atoms with E-state index in [1.807, 2.05) is 0 Å². The number of aromatic nitrogens is 3. The fourth-order valence-corrected chi connectivity index (χ4v) is 11.6. The number of allylic oxidation sites excluding steroid dienone is 1. The Morgan fingerprint density at radius 3 is 2.26 bits per heavy atom. The molecule has 432 valence electrons. The van der Waals surface area contributed by atoms with Crippen molar-refractivity contribution in [2.75, 3.05) is 25.4 Å². The first-order chi connectivity index (χ1) is 38.5. The van der Waals surface area contributed by atoms with Crippen LogP contribution in [0.15, 0.2) is 91.2 Å². The first kappa shape index (κ1) is 59.8. The first-order valence-electron chi connectivity index (χ1n) is 25.7. The Bertz CT molecular complexity index is 3000. The van der Waals surface area contributed by atoms with Gasteiger partial charge in [0.15, 0.2) is 17.9 Å². The van der Waals surface area contributed by atoms with Gasteiger partial charge >= 0.3 is 24.4 Å². The molecule has 0 unspecified atom stereocenters. The summed E-state index contributed by atoms with van der Waals surface area (Å²) in [5.41, 5.74) is -4.53. The van der Waals surface area contributed by atoms with Gasteiger partial charge in [0.2, 0.25) is 11.8 Å². The Morgan fingerprint density at radius 2 is 1.57 bits per heavy atom. The van der Waals surface area contributed by atoms with E-state index in [0.717, 1.165) is 17.0 Å². The molecule has 1 aliphatic carbocycles. The molecule has 8 rings (SSSR count). The zero-order valence-electron chi connectivity index (χ0n) is 42.8. The van der Waals surface area contributed by atoms with Crippen molar-refractivity contribution in [2.24, 2.45) is 11.8 Å². The van der Waals surface area contributed by atoms with Gasteiger partial charge in [-0.15, -0.1) is 5.10 Å². The summed E-state index contributed by atoms with van der Waals surface area (Å²) in [6.07, 6.45) is -12.4. The van der Waals surface area contributed by atoms with Crippen molar-refractivity contribution in [2.45, 2.75) is 106 Å². The number of rotatable bonds is 23. The number of hydrogen-bond acceptors (Lipinski definition) is 15. The SMILES string of the molecule is O=C(O)C[C@H]1CCC(=O)[C@@H]1C(=O)/C=C\CCO[C@H]1O[C@@H](Cn2cc(-c3cc(C(F)(F)F)c(/C=C/C(=O)NCCNC(=O)C[C@@H]4SC[C@@H]5NC(=O)N[C@@H]54)c(C(F)(F)F)c3)nn2)[C@@H](O)[C@@H](O)[C@@H]1NCc1ccc(C(=O)c2ccccc2)cc1. The Labute approximate surface area is 462 Å². The van der Waals surface area contributed by atoms with Gasteiger partial charge < -0.3 is 51.4 Å². The number of carbonyl (C=O) groups is 7.